The Morgan fingerprint density at radius 2 is 2.31 bits per heavy atom. The lowest BCUT2D eigenvalue weighted by Gasteiger charge is -2.35. The maximum absolute atomic E-state index is 11.5. The van der Waals surface area contributed by atoms with Gasteiger partial charge in [0.2, 0.25) is 5.91 Å². The highest BCUT2D eigenvalue weighted by Crippen LogP contribution is 2.30. The maximum Gasteiger partial charge on any atom is 0.219 e. The monoisotopic (exact) mass is 238 g/mol. The summed E-state index contributed by atoms with van der Waals surface area (Å²) in [5, 5.41) is 0.494. The van der Waals surface area contributed by atoms with E-state index in [0.717, 1.165) is 31.4 Å². The Hall–Kier alpha value is -1.09. The zero-order valence-corrected chi connectivity index (χ0v) is 10.1. The molecule has 86 valence electrons. The van der Waals surface area contributed by atoms with Crippen LogP contribution in [0.1, 0.15) is 37.8 Å². The standard InChI is InChI=1S/C12H15ClN2O/c1-9(16)15-7-3-2-4-11(15)10-5-6-12(13)14-8-10/h5-6,8,11H,2-4,7H2,1H3. The van der Waals surface area contributed by atoms with E-state index in [4.69, 9.17) is 11.6 Å². The van der Waals surface area contributed by atoms with Gasteiger partial charge in [-0.2, -0.15) is 0 Å². The Kier molecular flexibility index (Phi) is 3.44. The Morgan fingerprint density at radius 1 is 1.50 bits per heavy atom. The average molecular weight is 239 g/mol. The summed E-state index contributed by atoms with van der Waals surface area (Å²) in [6, 6.07) is 3.92. The number of carbonyl (C=O) groups is 1. The summed E-state index contributed by atoms with van der Waals surface area (Å²) in [5.41, 5.74) is 1.08. The summed E-state index contributed by atoms with van der Waals surface area (Å²) in [6.45, 7) is 2.48. The molecular weight excluding hydrogens is 224 g/mol. The minimum Gasteiger partial charge on any atom is -0.336 e. The van der Waals surface area contributed by atoms with Crippen LogP contribution < -0.4 is 0 Å². The van der Waals surface area contributed by atoms with Gasteiger partial charge in [0.25, 0.3) is 0 Å². The van der Waals surface area contributed by atoms with Gasteiger partial charge in [-0.05, 0) is 30.9 Å². The summed E-state index contributed by atoms with van der Waals surface area (Å²) >= 11 is 5.76. The second-order valence-corrected chi connectivity index (χ2v) is 4.53. The third-order valence-electron chi connectivity index (χ3n) is 3.04. The molecule has 0 aliphatic carbocycles. The van der Waals surface area contributed by atoms with Gasteiger partial charge in [-0.25, -0.2) is 4.98 Å². The number of carbonyl (C=O) groups excluding carboxylic acids is 1. The molecule has 3 nitrogen and oxygen atoms in total. The number of rotatable bonds is 1. The molecule has 0 saturated carbocycles. The molecular formula is C12H15ClN2O. The number of amides is 1. The fraction of sp³-hybridized carbons (Fsp3) is 0.500. The summed E-state index contributed by atoms with van der Waals surface area (Å²) < 4.78 is 0. The van der Waals surface area contributed by atoms with Crippen molar-refractivity contribution in [2.45, 2.75) is 32.2 Å². The first-order valence-electron chi connectivity index (χ1n) is 5.57. The van der Waals surface area contributed by atoms with Crippen LogP contribution in [0.4, 0.5) is 0 Å². The van der Waals surface area contributed by atoms with Gasteiger partial charge in [0.05, 0.1) is 6.04 Å². The van der Waals surface area contributed by atoms with Gasteiger partial charge in [-0.15, -0.1) is 0 Å². The quantitative estimate of drug-likeness (QED) is 0.705. The third kappa shape index (κ3) is 2.35. The second-order valence-electron chi connectivity index (χ2n) is 4.14. The van der Waals surface area contributed by atoms with E-state index in [1.165, 1.54) is 0 Å². The Bertz CT molecular complexity index is 377. The lowest BCUT2D eigenvalue weighted by Crippen LogP contribution is -2.36. The van der Waals surface area contributed by atoms with Crippen LogP contribution in [-0.4, -0.2) is 22.3 Å². The van der Waals surface area contributed by atoms with E-state index < -0.39 is 0 Å². The summed E-state index contributed by atoms with van der Waals surface area (Å²) in [7, 11) is 0. The molecule has 2 rings (SSSR count). The number of hydrogen-bond donors (Lipinski definition) is 0. The first kappa shape index (κ1) is 11.4. The highest BCUT2D eigenvalue weighted by Gasteiger charge is 2.25. The molecule has 0 N–H and O–H groups in total. The fourth-order valence-corrected chi connectivity index (χ4v) is 2.35. The molecule has 1 aromatic heterocycles. The van der Waals surface area contributed by atoms with Crippen LogP contribution in [0.15, 0.2) is 18.3 Å². The van der Waals surface area contributed by atoms with Crippen LogP contribution in [0.3, 0.4) is 0 Å². The molecule has 16 heavy (non-hydrogen) atoms. The van der Waals surface area contributed by atoms with Crippen molar-refractivity contribution in [3.05, 3.63) is 29.0 Å². The molecule has 1 aromatic rings. The number of aromatic nitrogens is 1. The van der Waals surface area contributed by atoms with Crippen molar-refractivity contribution in [2.75, 3.05) is 6.54 Å². The van der Waals surface area contributed by atoms with Crippen molar-refractivity contribution in [1.29, 1.82) is 0 Å². The summed E-state index contributed by atoms with van der Waals surface area (Å²) in [6.07, 6.45) is 5.05. The smallest absolute Gasteiger partial charge is 0.219 e. The van der Waals surface area contributed by atoms with E-state index >= 15 is 0 Å². The number of piperidine rings is 1. The molecule has 1 amide bonds. The minimum atomic E-state index is 0.139. The van der Waals surface area contributed by atoms with Crippen LogP contribution in [0, 0.1) is 0 Å². The zero-order valence-electron chi connectivity index (χ0n) is 9.32. The Labute approximate surface area is 100 Å². The predicted molar refractivity (Wildman–Crippen MR) is 63.2 cm³/mol. The number of nitrogens with zero attached hydrogens (tertiary/aromatic N) is 2. The summed E-state index contributed by atoms with van der Waals surface area (Å²) in [5.74, 6) is 0.139. The second kappa shape index (κ2) is 4.83. The molecule has 1 aliphatic heterocycles. The van der Waals surface area contributed by atoms with Crippen LogP contribution >= 0.6 is 11.6 Å². The van der Waals surface area contributed by atoms with E-state index in [1.54, 1.807) is 19.2 Å². The van der Waals surface area contributed by atoms with Gasteiger partial charge < -0.3 is 4.90 Å². The van der Waals surface area contributed by atoms with Gasteiger partial charge in [0.15, 0.2) is 0 Å². The van der Waals surface area contributed by atoms with E-state index in [-0.39, 0.29) is 11.9 Å². The van der Waals surface area contributed by atoms with Gasteiger partial charge in [-0.1, -0.05) is 17.7 Å². The molecule has 1 aliphatic rings. The van der Waals surface area contributed by atoms with Crippen molar-refractivity contribution in [3.8, 4) is 0 Å². The van der Waals surface area contributed by atoms with E-state index in [1.807, 2.05) is 11.0 Å². The van der Waals surface area contributed by atoms with E-state index in [2.05, 4.69) is 4.98 Å². The van der Waals surface area contributed by atoms with Gasteiger partial charge >= 0.3 is 0 Å². The number of halogens is 1. The molecule has 0 bridgehead atoms. The zero-order chi connectivity index (χ0) is 11.5. The minimum absolute atomic E-state index is 0.139. The fourth-order valence-electron chi connectivity index (χ4n) is 2.24. The van der Waals surface area contributed by atoms with E-state index in [0.29, 0.717) is 5.15 Å². The number of pyridine rings is 1. The molecule has 0 radical (unpaired) electrons. The molecule has 1 atom stereocenters. The van der Waals surface area contributed by atoms with Gasteiger partial charge in [-0.3, -0.25) is 4.79 Å². The predicted octanol–water partition coefficient (Wildman–Crippen LogP) is 2.81. The molecule has 1 saturated heterocycles. The first-order valence-corrected chi connectivity index (χ1v) is 5.95. The average Bonchev–Trinajstić information content (AvgIpc) is 2.30. The molecule has 1 fully saturated rings. The largest absolute Gasteiger partial charge is 0.336 e. The van der Waals surface area contributed by atoms with Gasteiger partial charge in [0.1, 0.15) is 5.15 Å². The molecule has 0 spiro atoms. The van der Waals surface area contributed by atoms with Crippen LogP contribution in [-0.2, 0) is 4.79 Å². The van der Waals surface area contributed by atoms with Crippen LogP contribution in [0.25, 0.3) is 0 Å². The lowest BCUT2D eigenvalue weighted by atomic mass is 9.96. The van der Waals surface area contributed by atoms with Crippen molar-refractivity contribution < 1.29 is 4.79 Å². The highest BCUT2D eigenvalue weighted by molar-refractivity contribution is 6.29. The Morgan fingerprint density at radius 3 is 2.94 bits per heavy atom. The molecule has 4 heteroatoms. The van der Waals surface area contributed by atoms with Crippen LogP contribution in [0.5, 0.6) is 0 Å². The normalized spacial score (nSPS) is 20.9. The van der Waals surface area contributed by atoms with Crippen molar-refractivity contribution >= 4 is 17.5 Å². The molecule has 0 aromatic carbocycles. The highest BCUT2D eigenvalue weighted by atomic mass is 35.5. The lowest BCUT2D eigenvalue weighted by molar-refractivity contribution is -0.132. The van der Waals surface area contributed by atoms with Crippen molar-refractivity contribution in [2.24, 2.45) is 0 Å². The van der Waals surface area contributed by atoms with Crippen molar-refractivity contribution in [3.63, 3.8) is 0 Å². The van der Waals surface area contributed by atoms with Gasteiger partial charge in [0, 0.05) is 19.7 Å². The topological polar surface area (TPSA) is 33.2 Å². The maximum atomic E-state index is 11.5. The summed E-state index contributed by atoms with van der Waals surface area (Å²) in [4.78, 5) is 17.5. The SMILES string of the molecule is CC(=O)N1CCCCC1c1ccc(Cl)nc1. The van der Waals surface area contributed by atoms with E-state index in [9.17, 15) is 4.79 Å². The Balaban J connectivity index is 2.23. The van der Waals surface area contributed by atoms with Crippen LogP contribution in [0.2, 0.25) is 5.15 Å². The first-order chi connectivity index (χ1) is 7.68. The molecule has 2 heterocycles. The molecule has 1 unspecified atom stereocenters. The number of likely N-dealkylation sites (tertiary alicyclic amines) is 1. The number of hydrogen-bond acceptors (Lipinski definition) is 2. The third-order valence-corrected chi connectivity index (χ3v) is 3.27. The van der Waals surface area contributed by atoms with Crippen molar-refractivity contribution in [1.82, 2.24) is 9.88 Å².